The number of benzene rings is 2. The van der Waals surface area contributed by atoms with Crippen molar-refractivity contribution < 1.29 is 23.9 Å². The van der Waals surface area contributed by atoms with Crippen LogP contribution < -0.4 is 15.1 Å². The number of piperidine rings is 1. The minimum Gasteiger partial charge on any atom is -0.455 e. The summed E-state index contributed by atoms with van der Waals surface area (Å²) < 4.78 is 26.5. The van der Waals surface area contributed by atoms with Gasteiger partial charge in [-0.2, -0.15) is 0 Å². The number of hydroxylamine groups is 1. The zero-order chi connectivity index (χ0) is 32.0. The molecule has 3 fully saturated rings. The summed E-state index contributed by atoms with van der Waals surface area (Å²) in [7, 11) is 0. The Labute approximate surface area is 268 Å². The van der Waals surface area contributed by atoms with Crippen LogP contribution in [0.3, 0.4) is 0 Å². The molecular weight excluding hydrogens is 585 g/mol. The second-order valence-corrected chi connectivity index (χ2v) is 13.6. The highest BCUT2D eigenvalue weighted by Crippen LogP contribution is 2.53. The number of carbonyl (C=O) groups excluding carboxylic acids is 1. The molecule has 2 atom stereocenters. The molecule has 46 heavy (non-hydrogen) atoms. The molecule has 242 valence electrons. The topological polar surface area (TPSA) is 103 Å². The van der Waals surface area contributed by atoms with Crippen LogP contribution in [0.4, 0.5) is 10.1 Å². The molecule has 3 aliphatic rings. The van der Waals surface area contributed by atoms with Crippen LogP contribution in [-0.4, -0.2) is 64.4 Å². The fraction of sp³-hybridized carbons (Fsp3) is 0.444. The van der Waals surface area contributed by atoms with Crippen LogP contribution in [0.5, 0.6) is 11.5 Å². The normalized spacial score (nSPS) is 21.9. The van der Waals surface area contributed by atoms with E-state index in [9.17, 15) is 14.4 Å². The van der Waals surface area contributed by atoms with E-state index in [1.165, 1.54) is 36.4 Å². The van der Waals surface area contributed by atoms with Crippen molar-refractivity contribution in [1.29, 1.82) is 0 Å². The Morgan fingerprint density at radius 1 is 1.17 bits per heavy atom. The molecule has 9 nitrogen and oxygen atoms in total. The minimum absolute atomic E-state index is 0.171. The second kappa shape index (κ2) is 12.3. The highest BCUT2D eigenvalue weighted by molar-refractivity contribution is 5.97. The molecule has 7 rings (SSSR count). The average molecular weight is 628 g/mol. The lowest BCUT2D eigenvalue weighted by Gasteiger charge is -2.58. The lowest BCUT2D eigenvalue weighted by Crippen LogP contribution is -2.59. The first kappa shape index (κ1) is 30.7. The summed E-state index contributed by atoms with van der Waals surface area (Å²) in [4.78, 5) is 24.5. The molecule has 1 amide bonds. The first-order valence-electron chi connectivity index (χ1n) is 16.3. The Kier molecular flexibility index (Phi) is 8.21. The Balaban J connectivity index is 1.04. The summed E-state index contributed by atoms with van der Waals surface area (Å²) in [5, 5.41) is 9.64. The number of halogens is 1. The molecule has 4 heterocycles. The third-order valence-corrected chi connectivity index (χ3v) is 10.4. The number of anilines is 1. The first-order valence-corrected chi connectivity index (χ1v) is 16.3. The molecular formula is C36H42FN5O4. The lowest BCUT2D eigenvalue weighted by molar-refractivity contribution is -0.116. The number of pyridine rings is 1. The number of hydrogen-bond donors (Lipinski definition) is 3. The van der Waals surface area contributed by atoms with Gasteiger partial charge in [-0.05, 0) is 73.3 Å². The van der Waals surface area contributed by atoms with Gasteiger partial charge in [0.25, 0.3) is 5.91 Å². The molecule has 0 bridgehead atoms. The van der Waals surface area contributed by atoms with Crippen LogP contribution in [-0.2, 0) is 4.74 Å². The molecule has 10 heteroatoms. The summed E-state index contributed by atoms with van der Waals surface area (Å²) in [5.74, 6) is -0.0999. The summed E-state index contributed by atoms with van der Waals surface area (Å²) in [6.07, 6.45) is 7.54. The SMILES string of the molecule is CC(C)c1ccccc1[C@@H]1CO[C@H](C)CN1C1CC2(CCN(c3ccc(C(=O)NO)c(Oc4cnc5[nH]cc(F)c5c4)c3)CC2)C1. The molecule has 2 aromatic carbocycles. The van der Waals surface area contributed by atoms with Crippen LogP contribution in [0.25, 0.3) is 11.0 Å². The van der Waals surface area contributed by atoms with E-state index in [1.807, 2.05) is 12.1 Å². The highest BCUT2D eigenvalue weighted by Gasteiger charge is 2.50. The van der Waals surface area contributed by atoms with E-state index in [2.05, 4.69) is 64.8 Å². The summed E-state index contributed by atoms with van der Waals surface area (Å²) in [6, 6.07) is 16.6. The van der Waals surface area contributed by atoms with E-state index in [-0.39, 0.29) is 23.5 Å². The lowest BCUT2D eigenvalue weighted by atomic mass is 9.59. The minimum atomic E-state index is -0.687. The molecule has 1 saturated carbocycles. The number of rotatable bonds is 7. The molecule has 1 spiro atoms. The fourth-order valence-electron chi connectivity index (χ4n) is 7.84. The summed E-state index contributed by atoms with van der Waals surface area (Å²) in [6.45, 7) is 10.2. The predicted octanol–water partition coefficient (Wildman–Crippen LogP) is 6.95. The molecule has 2 aromatic heterocycles. The van der Waals surface area contributed by atoms with Crippen LogP contribution in [0, 0.1) is 11.2 Å². The number of morpholine rings is 1. The maximum Gasteiger partial charge on any atom is 0.278 e. The first-order chi connectivity index (χ1) is 22.2. The molecule has 2 aliphatic heterocycles. The molecule has 0 radical (unpaired) electrons. The zero-order valence-corrected chi connectivity index (χ0v) is 26.6. The van der Waals surface area contributed by atoms with Crippen molar-refractivity contribution in [3.8, 4) is 11.5 Å². The quantitative estimate of drug-likeness (QED) is 0.151. The Morgan fingerprint density at radius 2 is 1.96 bits per heavy atom. The summed E-state index contributed by atoms with van der Waals surface area (Å²) in [5.41, 5.74) is 6.37. The molecule has 0 unspecified atom stereocenters. The maximum absolute atomic E-state index is 14.2. The van der Waals surface area contributed by atoms with Gasteiger partial charge in [0.2, 0.25) is 0 Å². The van der Waals surface area contributed by atoms with Gasteiger partial charge in [0.05, 0.1) is 35.9 Å². The van der Waals surface area contributed by atoms with E-state index in [4.69, 9.17) is 9.47 Å². The highest BCUT2D eigenvalue weighted by atomic mass is 19.1. The van der Waals surface area contributed by atoms with Gasteiger partial charge in [0, 0.05) is 43.6 Å². The number of carbonyl (C=O) groups is 1. The van der Waals surface area contributed by atoms with E-state index in [0.29, 0.717) is 34.2 Å². The summed E-state index contributed by atoms with van der Waals surface area (Å²) >= 11 is 0. The van der Waals surface area contributed by atoms with Gasteiger partial charge in [-0.1, -0.05) is 38.1 Å². The maximum atomic E-state index is 14.2. The number of fused-ring (bicyclic) bond motifs is 1. The Bertz CT molecular complexity index is 1720. The van der Waals surface area contributed by atoms with Crippen molar-refractivity contribution in [2.45, 2.75) is 70.6 Å². The predicted molar refractivity (Wildman–Crippen MR) is 174 cm³/mol. The molecule has 3 N–H and O–H groups in total. The number of nitrogens with one attached hydrogen (secondary N) is 2. The Hall–Kier alpha value is -3.99. The smallest absolute Gasteiger partial charge is 0.278 e. The van der Waals surface area contributed by atoms with Gasteiger partial charge in [-0.15, -0.1) is 0 Å². The number of ether oxygens (including phenoxy) is 2. The van der Waals surface area contributed by atoms with Crippen LogP contribution in [0.2, 0.25) is 0 Å². The molecule has 2 saturated heterocycles. The zero-order valence-electron chi connectivity index (χ0n) is 26.6. The third kappa shape index (κ3) is 5.74. The van der Waals surface area contributed by atoms with Crippen molar-refractivity contribution >= 4 is 22.6 Å². The van der Waals surface area contributed by atoms with E-state index >= 15 is 0 Å². The van der Waals surface area contributed by atoms with Gasteiger partial charge in [0.1, 0.15) is 23.0 Å². The number of aromatic nitrogens is 2. The third-order valence-electron chi connectivity index (χ3n) is 10.4. The number of amides is 1. The number of aromatic amines is 1. The largest absolute Gasteiger partial charge is 0.455 e. The van der Waals surface area contributed by atoms with Crippen molar-refractivity contribution in [3.63, 3.8) is 0 Å². The van der Waals surface area contributed by atoms with Crippen LogP contribution >= 0.6 is 0 Å². The molecule has 1 aliphatic carbocycles. The monoisotopic (exact) mass is 627 g/mol. The van der Waals surface area contributed by atoms with Gasteiger partial charge < -0.3 is 19.4 Å². The van der Waals surface area contributed by atoms with E-state index < -0.39 is 11.7 Å². The van der Waals surface area contributed by atoms with Crippen molar-refractivity contribution in [3.05, 3.63) is 83.4 Å². The van der Waals surface area contributed by atoms with Crippen LogP contribution in [0.15, 0.2) is 60.9 Å². The number of H-pyrrole nitrogens is 1. The average Bonchev–Trinajstić information content (AvgIpc) is 3.42. The van der Waals surface area contributed by atoms with Gasteiger partial charge in [-0.3, -0.25) is 14.9 Å². The van der Waals surface area contributed by atoms with Crippen molar-refractivity contribution in [2.24, 2.45) is 5.41 Å². The number of hydrogen-bond acceptors (Lipinski definition) is 7. The van der Waals surface area contributed by atoms with Crippen molar-refractivity contribution in [1.82, 2.24) is 20.3 Å². The van der Waals surface area contributed by atoms with Crippen molar-refractivity contribution in [2.75, 3.05) is 31.1 Å². The fourth-order valence-corrected chi connectivity index (χ4v) is 7.84. The number of nitrogens with zero attached hydrogens (tertiary/aromatic N) is 3. The Morgan fingerprint density at radius 3 is 2.72 bits per heavy atom. The van der Waals surface area contributed by atoms with Crippen LogP contribution in [0.1, 0.15) is 79.9 Å². The van der Waals surface area contributed by atoms with E-state index in [0.717, 1.165) is 44.8 Å². The molecule has 4 aromatic rings. The van der Waals surface area contributed by atoms with Gasteiger partial charge >= 0.3 is 0 Å². The van der Waals surface area contributed by atoms with Gasteiger partial charge in [-0.25, -0.2) is 14.9 Å². The second-order valence-electron chi connectivity index (χ2n) is 13.6. The standard InChI is InChI=1S/C36H42FN5O4/c1-22(2)27-6-4-5-7-28(27)32-21-45-23(3)20-42(32)25-16-36(17-25)10-12-41(13-11-36)24-8-9-29(35(43)40-44)33(14-24)46-26-15-30-31(37)19-39-34(30)38-18-26/h4-9,14-15,18-19,22-23,25,32,44H,10-13,16-17,20-21H2,1-3H3,(H,38,39)(H,40,43)/t23-,32+/m1/s1. The van der Waals surface area contributed by atoms with Gasteiger partial charge in [0.15, 0.2) is 0 Å². The van der Waals surface area contributed by atoms with E-state index in [1.54, 1.807) is 17.6 Å².